The molecular weight excluding hydrogens is 570 g/mol. The van der Waals surface area contributed by atoms with Crippen LogP contribution in [0.3, 0.4) is 0 Å². The Morgan fingerprint density at radius 2 is 1.44 bits per heavy atom. The predicted molar refractivity (Wildman–Crippen MR) is 152 cm³/mol. The summed E-state index contributed by atoms with van der Waals surface area (Å²) in [6.07, 6.45) is -4.53. The van der Waals surface area contributed by atoms with Gasteiger partial charge in [0.2, 0.25) is 0 Å². The number of carbonyl (C=O) groups excluding carboxylic acids is 3. The molecule has 3 aromatic carbocycles. The molecule has 2 aliphatic heterocycles. The zero-order chi connectivity index (χ0) is 30.6. The number of piperazine rings is 1. The summed E-state index contributed by atoms with van der Waals surface area (Å²) in [6, 6.07) is 14.1. The fourth-order valence-electron chi connectivity index (χ4n) is 4.96. The lowest BCUT2D eigenvalue weighted by molar-refractivity contribution is -0.137. The van der Waals surface area contributed by atoms with E-state index >= 15 is 0 Å². The van der Waals surface area contributed by atoms with Gasteiger partial charge in [-0.3, -0.25) is 9.59 Å². The maximum atomic E-state index is 13.6. The Balaban J connectivity index is 1.30. The van der Waals surface area contributed by atoms with Crippen LogP contribution in [0.1, 0.15) is 26.3 Å². The zero-order valence-corrected chi connectivity index (χ0v) is 23.0. The smallest absolute Gasteiger partial charge is 0.378 e. The van der Waals surface area contributed by atoms with Crippen molar-refractivity contribution in [2.45, 2.75) is 6.18 Å². The fourth-order valence-corrected chi connectivity index (χ4v) is 4.96. The van der Waals surface area contributed by atoms with Crippen molar-refractivity contribution in [3.8, 4) is 0 Å². The maximum Gasteiger partial charge on any atom is 0.416 e. The molecule has 0 spiro atoms. The van der Waals surface area contributed by atoms with E-state index in [4.69, 9.17) is 4.74 Å². The number of benzene rings is 3. The van der Waals surface area contributed by atoms with E-state index in [0.717, 1.165) is 18.2 Å². The lowest BCUT2D eigenvalue weighted by Gasteiger charge is -2.37. The first-order valence-corrected chi connectivity index (χ1v) is 13.6. The molecule has 9 nitrogen and oxygen atoms in total. The SMILES string of the molecule is O=C(Nc1ccc(N2CCN(C(=O)Nc3cccc(C(F)(F)F)c3)CC2)c(C(=O)N2CCOCC2)c1)c1cccc(F)c1. The minimum Gasteiger partial charge on any atom is -0.378 e. The van der Waals surface area contributed by atoms with E-state index in [0.29, 0.717) is 56.3 Å². The highest BCUT2D eigenvalue weighted by atomic mass is 19.4. The second-order valence-corrected chi connectivity index (χ2v) is 10.1. The van der Waals surface area contributed by atoms with Gasteiger partial charge >= 0.3 is 12.2 Å². The number of halogens is 4. The Labute approximate surface area is 245 Å². The van der Waals surface area contributed by atoms with Gasteiger partial charge < -0.3 is 30.1 Å². The van der Waals surface area contributed by atoms with Crippen LogP contribution in [0.25, 0.3) is 0 Å². The number of ether oxygens (including phenoxy) is 1. The Hall–Kier alpha value is -4.65. The van der Waals surface area contributed by atoms with E-state index in [9.17, 15) is 31.9 Å². The van der Waals surface area contributed by atoms with Crippen molar-refractivity contribution in [1.29, 1.82) is 0 Å². The quantitative estimate of drug-likeness (QED) is 0.406. The molecule has 2 saturated heterocycles. The van der Waals surface area contributed by atoms with E-state index < -0.39 is 29.5 Å². The molecule has 0 atom stereocenters. The molecule has 4 amide bonds. The maximum absolute atomic E-state index is 13.6. The molecule has 2 aliphatic rings. The average molecular weight is 600 g/mol. The molecule has 2 fully saturated rings. The van der Waals surface area contributed by atoms with Gasteiger partial charge in [0.05, 0.1) is 24.3 Å². The van der Waals surface area contributed by atoms with Gasteiger partial charge in [0.25, 0.3) is 11.8 Å². The van der Waals surface area contributed by atoms with E-state index in [2.05, 4.69) is 10.6 Å². The summed E-state index contributed by atoms with van der Waals surface area (Å²) in [6.45, 7) is 2.83. The number of rotatable bonds is 5. The molecule has 0 radical (unpaired) electrons. The van der Waals surface area contributed by atoms with Crippen LogP contribution in [0.2, 0.25) is 0 Å². The molecule has 0 unspecified atom stereocenters. The van der Waals surface area contributed by atoms with Crippen LogP contribution in [0, 0.1) is 5.82 Å². The number of anilines is 3. The molecule has 0 aromatic heterocycles. The summed E-state index contributed by atoms with van der Waals surface area (Å²) in [4.78, 5) is 44.3. The predicted octanol–water partition coefficient (Wildman–Crippen LogP) is 4.92. The standard InChI is InChI=1S/C30H29F4N5O4/c31-22-5-1-3-20(17-22)27(40)35-24-7-8-26(25(19-24)28(41)38-13-15-43-16-14-38)37-9-11-39(12-10-37)29(42)36-23-6-2-4-21(18-23)30(32,33)34/h1-8,17-19H,9-16H2,(H,35,40)(H,36,42). The lowest BCUT2D eigenvalue weighted by atomic mass is 10.1. The Morgan fingerprint density at radius 1 is 0.744 bits per heavy atom. The second-order valence-electron chi connectivity index (χ2n) is 10.1. The topological polar surface area (TPSA) is 94.2 Å². The summed E-state index contributed by atoms with van der Waals surface area (Å²) in [5.74, 6) is -1.32. The Morgan fingerprint density at radius 3 is 2.14 bits per heavy atom. The van der Waals surface area contributed by atoms with Gasteiger partial charge in [0.15, 0.2) is 0 Å². The minimum atomic E-state index is -4.53. The third-order valence-corrected chi connectivity index (χ3v) is 7.22. The first-order chi connectivity index (χ1) is 20.6. The molecular formula is C30H29F4N5O4. The molecule has 0 saturated carbocycles. The number of hydrogen-bond donors (Lipinski definition) is 2. The number of nitrogens with zero attached hydrogens (tertiary/aromatic N) is 3. The summed E-state index contributed by atoms with van der Waals surface area (Å²) in [7, 11) is 0. The summed E-state index contributed by atoms with van der Waals surface area (Å²) < 4.78 is 58.2. The number of hydrogen-bond acceptors (Lipinski definition) is 5. The van der Waals surface area contributed by atoms with Crippen LogP contribution < -0.4 is 15.5 Å². The number of alkyl halides is 3. The van der Waals surface area contributed by atoms with Crippen LogP contribution in [0.5, 0.6) is 0 Å². The molecule has 13 heteroatoms. The third-order valence-electron chi connectivity index (χ3n) is 7.22. The molecule has 3 aromatic rings. The monoisotopic (exact) mass is 599 g/mol. The van der Waals surface area contributed by atoms with Crippen molar-refractivity contribution in [2.24, 2.45) is 0 Å². The molecule has 2 heterocycles. The first kappa shape index (κ1) is 29.8. The van der Waals surface area contributed by atoms with E-state index in [1.165, 1.54) is 35.2 Å². The molecule has 2 N–H and O–H groups in total. The van der Waals surface area contributed by atoms with Gasteiger partial charge in [-0.25, -0.2) is 9.18 Å². The van der Waals surface area contributed by atoms with Crippen molar-refractivity contribution in [3.63, 3.8) is 0 Å². The van der Waals surface area contributed by atoms with Gasteiger partial charge in [-0.1, -0.05) is 12.1 Å². The number of amides is 4. The highest BCUT2D eigenvalue weighted by Crippen LogP contribution is 2.31. The summed E-state index contributed by atoms with van der Waals surface area (Å²) in [5.41, 5.74) is 0.622. The molecule has 43 heavy (non-hydrogen) atoms. The van der Waals surface area contributed by atoms with Crippen LogP contribution in [0.15, 0.2) is 66.7 Å². The average Bonchev–Trinajstić information content (AvgIpc) is 3.01. The van der Waals surface area contributed by atoms with Crippen LogP contribution >= 0.6 is 0 Å². The van der Waals surface area contributed by atoms with Crippen molar-refractivity contribution in [1.82, 2.24) is 9.80 Å². The van der Waals surface area contributed by atoms with Gasteiger partial charge in [-0.2, -0.15) is 13.2 Å². The van der Waals surface area contributed by atoms with Crippen LogP contribution in [-0.4, -0.2) is 80.1 Å². The lowest BCUT2D eigenvalue weighted by Crippen LogP contribution is -2.50. The Bertz CT molecular complexity index is 1500. The fraction of sp³-hybridized carbons (Fsp3) is 0.300. The molecule has 5 rings (SSSR count). The van der Waals surface area contributed by atoms with Crippen molar-refractivity contribution in [2.75, 3.05) is 68.0 Å². The third kappa shape index (κ3) is 7.23. The Kier molecular flexibility index (Phi) is 8.81. The zero-order valence-electron chi connectivity index (χ0n) is 23.0. The van der Waals surface area contributed by atoms with Crippen LogP contribution in [-0.2, 0) is 10.9 Å². The largest absolute Gasteiger partial charge is 0.416 e. The van der Waals surface area contributed by atoms with Crippen molar-refractivity contribution >= 4 is 34.9 Å². The summed E-state index contributed by atoms with van der Waals surface area (Å²) >= 11 is 0. The van der Waals surface area contributed by atoms with E-state index in [-0.39, 0.29) is 30.2 Å². The number of nitrogens with one attached hydrogen (secondary N) is 2. The second kappa shape index (κ2) is 12.7. The van der Waals surface area contributed by atoms with Crippen molar-refractivity contribution in [3.05, 3.63) is 89.2 Å². The van der Waals surface area contributed by atoms with Gasteiger partial charge in [0.1, 0.15) is 5.82 Å². The number of carbonyl (C=O) groups is 3. The number of morpholine rings is 1. The van der Waals surface area contributed by atoms with Gasteiger partial charge in [-0.15, -0.1) is 0 Å². The van der Waals surface area contributed by atoms with E-state index in [1.54, 1.807) is 23.1 Å². The van der Waals surface area contributed by atoms with Crippen LogP contribution in [0.4, 0.5) is 39.4 Å². The highest BCUT2D eigenvalue weighted by molar-refractivity contribution is 6.06. The minimum absolute atomic E-state index is 0.0384. The first-order valence-electron chi connectivity index (χ1n) is 13.6. The molecule has 0 aliphatic carbocycles. The molecule has 0 bridgehead atoms. The normalized spacial score (nSPS) is 15.7. The summed E-state index contributed by atoms with van der Waals surface area (Å²) in [5, 5.41) is 5.25. The number of urea groups is 1. The van der Waals surface area contributed by atoms with Crippen molar-refractivity contribution < 1.29 is 36.7 Å². The highest BCUT2D eigenvalue weighted by Gasteiger charge is 2.31. The van der Waals surface area contributed by atoms with Gasteiger partial charge in [0, 0.05) is 61.9 Å². The van der Waals surface area contributed by atoms with E-state index in [1.807, 2.05) is 4.90 Å². The molecule has 226 valence electrons. The van der Waals surface area contributed by atoms with Gasteiger partial charge in [-0.05, 0) is 54.6 Å².